The number of hydrogen-bond acceptors (Lipinski definition) is 6. The molecule has 8 heteroatoms. The van der Waals surface area contributed by atoms with E-state index in [2.05, 4.69) is 22.3 Å². The molecule has 4 unspecified atom stereocenters. The van der Waals surface area contributed by atoms with Crippen molar-refractivity contribution >= 4 is 11.8 Å². The van der Waals surface area contributed by atoms with Gasteiger partial charge in [-0.1, -0.05) is 42.8 Å². The molecule has 39 heavy (non-hydrogen) atoms. The lowest BCUT2D eigenvalue weighted by atomic mass is 9.81. The molecule has 1 aliphatic heterocycles. The molecule has 0 spiro atoms. The van der Waals surface area contributed by atoms with Crippen LogP contribution in [0.15, 0.2) is 54.6 Å². The molecule has 3 N–H and O–H groups in total. The van der Waals surface area contributed by atoms with Crippen LogP contribution >= 0.6 is 0 Å². The summed E-state index contributed by atoms with van der Waals surface area (Å²) in [4.78, 5) is 31.5. The molecule has 2 amide bonds. The maximum absolute atomic E-state index is 13.8. The van der Waals surface area contributed by atoms with Gasteiger partial charge in [0.25, 0.3) is 5.91 Å². The second-order valence-corrected chi connectivity index (χ2v) is 10.9. The Morgan fingerprint density at radius 1 is 1.05 bits per heavy atom. The van der Waals surface area contributed by atoms with E-state index in [9.17, 15) is 9.59 Å². The van der Waals surface area contributed by atoms with Crippen molar-refractivity contribution in [1.82, 2.24) is 15.1 Å². The maximum atomic E-state index is 13.8. The summed E-state index contributed by atoms with van der Waals surface area (Å²) < 4.78 is 10.8. The predicted molar refractivity (Wildman–Crippen MR) is 152 cm³/mol. The topological polar surface area (TPSA) is 97.1 Å². The average molecular weight is 537 g/mol. The van der Waals surface area contributed by atoms with Crippen LogP contribution < -0.4 is 15.8 Å². The molecule has 0 bridgehead atoms. The Hall–Kier alpha value is -2.94. The summed E-state index contributed by atoms with van der Waals surface area (Å²) in [6.45, 7) is 3.84. The molecular formula is C31H44N4O4. The molecule has 1 aliphatic carbocycles. The highest BCUT2D eigenvalue weighted by molar-refractivity contribution is 5.98. The highest BCUT2D eigenvalue weighted by atomic mass is 16.5. The number of amides is 2. The van der Waals surface area contributed by atoms with Crippen LogP contribution in [0.1, 0.15) is 48.0 Å². The third kappa shape index (κ3) is 7.81. The minimum Gasteiger partial charge on any atom is -0.497 e. The van der Waals surface area contributed by atoms with Crippen LogP contribution in [0.25, 0.3) is 0 Å². The third-order valence-corrected chi connectivity index (χ3v) is 8.28. The first-order valence-electron chi connectivity index (χ1n) is 14.2. The van der Waals surface area contributed by atoms with Gasteiger partial charge in [0.15, 0.2) is 0 Å². The zero-order valence-corrected chi connectivity index (χ0v) is 23.4. The molecule has 8 nitrogen and oxygen atoms in total. The van der Waals surface area contributed by atoms with Crippen LogP contribution in [-0.2, 0) is 16.1 Å². The Bertz CT molecular complexity index is 1070. The largest absolute Gasteiger partial charge is 0.497 e. The Morgan fingerprint density at radius 2 is 1.85 bits per heavy atom. The Labute approximate surface area is 232 Å². The van der Waals surface area contributed by atoms with Crippen molar-refractivity contribution in [3.05, 3.63) is 65.7 Å². The lowest BCUT2D eigenvalue weighted by molar-refractivity contribution is -0.125. The van der Waals surface area contributed by atoms with Crippen molar-refractivity contribution in [1.29, 1.82) is 0 Å². The van der Waals surface area contributed by atoms with E-state index in [0.29, 0.717) is 62.4 Å². The summed E-state index contributed by atoms with van der Waals surface area (Å²) >= 11 is 0. The number of benzene rings is 2. The molecule has 0 radical (unpaired) electrons. The lowest BCUT2D eigenvalue weighted by Gasteiger charge is -2.29. The summed E-state index contributed by atoms with van der Waals surface area (Å²) in [7, 11) is 3.29. The first-order valence-corrected chi connectivity index (χ1v) is 14.2. The predicted octanol–water partition coefficient (Wildman–Crippen LogP) is 3.31. The zero-order chi connectivity index (χ0) is 27.6. The molecule has 1 saturated heterocycles. The van der Waals surface area contributed by atoms with Crippen LogP contribution in [0, 0.1) is 11.8 Å². The first-order chi connectivity index (χ1) is 19.0. The Balaban J connectivity index is 1.52. The minimum atomic E-state index is -0.539. The maximum Gasteiger partial charge on any atom is 0.254 e. The summed E-state index contributed by atoms with van der Waals surface area (Å²) in [5.41, 5.74) is 7.65. The number of carbonyl (C=O) groups excluding carboxylic acids is 2. The van der Waals surface area contributed by atoms with E-state index in [1.54, 1.807) is 31.3 Å². The lowest BCUT2D eigenvalue weighted by Crippen LogP contribution is -2.47. The fourth-order valence-electron chi connectivity index (χ4n) is 6.05. The van der Waals surface area contributed by atoms with Crippen molar-refractivity contribution in [3.8, 4) is 5.75 Å². The normalized spacial score (nSPS) is 23.1. The van der Waals surface area contributed by atoms with Crippen LogP contribution in [0.4, 0.5) is 0 Å². The molecule has 1 heterocycles. The van der Waals surface area contributed by atoms with Crippen LogP contribution in [0.2, 0.25) is 0 Å². The van der Waals surface area contributed by atoms with Gasteiger partial charge in [-0.25, -0.2) is 0 Å². The van der Waals surface area contributed by atoms with Gasteiger partial charge < -0.3 is 25.4 Å². The molecule has 2 aliphatic rings. The Kier molecular flexibility index (Phi) is 10.8. The van der Waals surface area contributed by atoms with Crippen molar-refractivity contribution < 1.29 is 19.1 Å². The minimum absolute atomic E-state index is 0.0296. The zero-order valence-electron chi connectivity index (χ0n) is 23.4. The standard InChI is InChI=1S/C31H44N4O4/c1-38-15-14-34(21-23-8-4-3-5-9-23)27-18-29(30(36)33-20-25-11-6-10-24(16-25)19-32)35(22-27)31(37)26-12-7-13-28(17-26)39-2/h3-5,7-9,12-13,17,24-25,27,29H,6,10-11,14-16,18-22,32H2,1-2H3,(H,33,36). The molecule has 1 saturated carbocycles. The molecule has 4 atom stereocenters. The van der Waals surface area contributed by atoms with E-state index in [0.717, 1.165) is 25.8 Å². The summed E-state index contributed by atoms with van der Waals surface area (Å²) in [5, 5.41) is 3.21. The number of rotatable bonds is 12. The highest BCUT2D eigenvalue weighted by Gasteiger charge is 2.42. The molecule has 2 aromatic carbocycles. The molecule has 2 fully saturated rings. The van der Waals surface area contributed by atoms with E-state index in [-0.39, 0.29) is 17.9 Å². The van der Waals surface area contributed by atoms with Gasteiger partial charge in [0, 0.05) is 44.9 Å². The quantitative estimate of drug-likeness (QED) is 0.432. The molecule has 212 valence electrons. The number of hydrogen-bond donors (Lipinski definition) is 2. The van der Waals surface area contributed by atoms with E-state index >= 15 is 0 Å². The van der Waals surface area contributed by atoms with Crippen molar-refractivity contribution in [3.63, 3.8) is 0 Å². The molecular weight excluding hydrogens is 492 g/mol. The molecule has 2 aromatic rings. The van der Waals surface area contributed by atoms with Gasteiger partial charge in [-0.2, -0.15) is 0 Å². The SMILES string of the molecule is COCCN(Cc1ccccc1)C1CC(C(=O)NCC2CCCC(CN)C2)N(C(=O)c2cccc(OC)c2)C1. The number of likely N-dealkylation sites (tertiary alicyclic amines) is 1. The van der Waals surface area contributed by atoms with Gasteiger partial charge in [0.1, 0.15) is 11.8 Å². The van der Waals surface area contributed by atoms with Gasteiger partial charge in [-0.15, -0.1) is 0 Å². The van der Waals surface area contributed by atoms with Crippen LogP contribution in [0.5, 0.6) is 5.75 Å². The van der Waals surface area contributed by atoms with E-state index in [1.165, 1.54) is 12.0 Å². The number of nitrogens with zero attached hydrogens (tertiary/aromatic N) is 2. The molecule has 0 aromatic heterocycles. The second-order valence-electron chi connectivity index (χ2n) is 10.9. The number of nitrogens with two attached hydrogens (primary N) is 1. The van der Waals surface area contributed by atoms with Gasteiger partial charge in [-0.3, -0.25) is 14.5 Å². The monoisotopic (exact) mass is 536 g/mol. The third-order valence-electron chi connectivity index (χ3n) is 8.28. The van der Waals surface area contributed by atoms with Crippen molar-refractivity contribution in [2.75, 3.05) is 47.0 Å². The van der Waals surface area contributed by atoms with Crippen LogP contribution in [-0.4, -0.2) is 80.7 Å². The second kappa shape index (κ2) is 14.4. The number of ether oxygens (including phenoxy) is 2. The molecule has 4 rings (SSSR count). The van der Waals surface area contributed by atoms with E-state index in [1.807, 2.05) is 30.3 Å². The fraction of sp³-hybridized carbons (Fsp3) is 0.548. The number of nitrogens with one attached hydrogen (secondary N) is 1. The highest BCUT2D eigenvalue weighted by Crippen LogP contribution is 2.29. The Morgan fingerprint density at radius 3 is 2.59 bits per heavy atom. The van der Waals surface area contributed by atoms with Gasteiger partial charge in [0.05, 0.1) is 13.7 Å². The van der Waals surface area contributed by atoms with E-state index < -0.39 is 6.04 Å². The number of carbonyl (C=O) groups is 2. The fourth-order valence-corrected chi connectivity index (χ4v) is 6.05. The first kappa shape index (κ1) is 29.1. The van der Waals surface area contributed by atoms with Crippen molar-refractivity contribution in [2.45, 2.75) is 50.7 Å². The number of methoxy groups -OCH3 is 2. The summed E-state index contributed by atoms with van der Waals surface area (Å²) in [6, 6.07) is 16.9. The van der Waals surface area contributed by atoms with Gasteiger partial charge in [-0.05, 0) is 67.8 Å². The van der Waals surface area contributed by atoms with Crippen LogP contribution in [0.3, 0.4) is 0 Å². The summed E-state index contributed by atoms with van der Waals surface area (Å²) in [6.07, 6.45) is 5.07. The van der Waals surface area contributed by atoms with E-state index in [4.69, 9.17) is 15.2 Å². The van der Waals surface area contributed by atoms with Crippen molar-refractivity contribution in [2.24, 2.45) is 17.6 Å². The van der Waals surface area contributed by atoms with Gasteiger partial charge >= 0.3 is 0 Å². The average Bonchev–Trinajstić information content (AvgIpc) is 3.44. The van der Waals surface area contributed by atoms with Gasteiger partial charge in [0.2, 0.25) is 5.91 Å². The summed E-state index contributed by atoms with van der Waals surface area (Å²) in [5.74, 6) is 1.37. The smallest absolute Gasteiger partial charge is 0.254 e.